The van der Waals surface area contributed by atoms with Gasteiger partial charge in [0.25, 0.3) is 5.69 Å². The smallest absolute Gasteiger partial charge is 0.270 e. The maximum absolute atomic E-state index is 13.0. The lowest BCUT2D eigenvalue weighted by atomic mass is 10.0. The van der Waals surface area contributed by atoms with Gasteiger partial charge in [-0.25, -0.2) is 0 Å². The fraction of sp³-hybridized carbons (Fsp3) is 0.136. The van der Waals surface area contributed by atoms with E-state index in [1.165, 1.54) is 18.2 Å². The molecule has 28 heavy (non-hydrogen) atoms. The third kappa shape index (κ3) is 3.77. The van der Waals surface area contributed by atoms with Crippen LogP contribution in [0, 0.1) is 10.1 Å². The van der Waals surface area contributed by atoms with Crippen LogP contribution in [0.4, 0.5) is 5.69 Å². The third-order valence-electron chi connectivity index (χ3n) is 4.55. The summed E-state index contributed by atoms with van der Waals surface area (Å²) >= 11 is 0. The number of nitro benzene ring substituents is 1. The van der Waals surface area contributed by atoms with Crippen molar-refractivity contribution < 1.29 is 19.2 Å². The number of nitro groups is 1. The zero-order valence-corrected chi connectivity index (χ0v) is 14.9. The predicted octanol–water partition coefficient (Wildman–Crippen LogP) is 4.50. The highest BCUT2D eigenvalue weighted by Gasteiger charge is 2.47. The number of rotatable bonds is 7. The van der Waals surface area contributed by atoms with Gasteiger partial charge in [0.1, 0.15) is 18.5 Å². The van der Waals surface area contributed by atoms with Crippen LogP contribution in [0.15, 0.2) is 78.9 Å². The molecule has 140 valence electrons. The van der Waals surface area contributed by atoms with Crippen LogP contribution in [0.2, 0.25) is 0 Å². The SMILES string of the molecule is O=C(c1cc([N+](=O)[O-])ccc1OCc1ccccc1)[C@H]1O[C@@H]1c1ccccc1. The number of hydrogen-bond donors (Lipinski definition) is 0. The number of ether oxygens (including phenoxy) is 2. The van der Waals surface area contributed by atoms with E-state index < -0.39 is 11.0 Å². The summed E-state index contributed by atoms with van der Waals surface area (Å²) in [4.78, 5) is 23.6. The van der Waals surface area contributed by atoms with Gasteiger partial charge >= 0.3 is 0 Å². The second kappa shape index (κ2) is 7.62. The Balaban J connectivity index is 1.58. The summed E-state index contributed by atoms with van der Waals surface area (Å²) in [5, 5.41) is 11.2. The highest BCUT2D eigenvalue weighted by molar-refractivity contribution is 6.04. The number of carbonyl (C=O) groups excluding carboxylic acids is 1. The first-order valence-electron chi connectivity index (χ1n) is 8.83. The first kappa shape index (κ1) is 17.9. The van der Waals surface area contributed by atoms with Gasteiger partial charge in [-0.3, -0.25) is 14.9 Å². The molecule has 6 nitrogen and oxygen atoms in total. The first-order chi connectivity index (χ1) is 13.6. The van der Waals surface area contributed by atoms with Crippen molar-refractivity contribution in [2.45, 2.75) is 18.8 Å². The van der Waals surface area contributed by atoms with Crippen LogP contribution >= 0.6 is 0 Å². The van der Waals surface area contributed by atoms with Crippen LogP contribution in [0.5, 0.6) is 5.75 Å². The van der Waals surface area contributed by atoms with Crippen LogP contribution in [0.1, 0.15) is 27.6 Å². The lowest BCUT2D eigenvalue weighted by Crippen LogP contribution is -2.11. The summed E-state index contributed by atoms with van der Waals surface area (Å²) in [5.41, 5.74) is 1.84. The zero-order valence-electron chi connectivity index (χ0n) is 14.9. The molecule has 1 heterocycles. The first-order valence-corrected chi connectivity index (χ1v) is 8.83. The van der Waals surface area contributed by atoms with Crippen molar-refractivity contribution in [3.8, 4) is 5.75 Å². The minimum absolute atomic E-state index is 0.160. The fourth-order valence-corrected chi connectivity index (χ4v) is 3.05. The summed E-state index contributed by atoms with van der Waals surface area (Å²) in [6.07, 6.45) is -1.00. The number of hydrogen-bond acceptors (Lipinski definition) is 5. The van der Waals surface area contributed by atoms with E-state index in [2.05, 4.69) is 0 Å². The molecule has 1 saturated heterocycles. The monoisotopic (exact) mass is 375 g/mol. The molecule has 0 saturated carbocycles. The van der Waals surface area contributed by atoms with Crippen LogP contribution in [0.3, 0.4) is 0 Å². The molecule has 1 aliphatic rings. The molecular weight excluding hydrogens is 358 g/mol. The zero-order chi connectivity index (χ0) is 19.5. The summed E-state index contributed by atoms with van der Waals surface area (Å²) in [5.74, 6) is -0.0117. The molecule has 3 aromatic carbocycles. The van der Waals surface area contributed by atoms with E-state index in [0.717, 1.165) is 11.1 Å². The molecule has 0 spiro atoms. The van der Waals surface area contributed by atoms with Crippen molar-refractivity contribution in [2.24, 2.45) is 0 Å². The van der Waals surface area contributed by atoms with E-state index >= 15 is 0 Å². The summed E-state index contributed by atoms with van der Waals surface area (Å²) in [6, 6.07) is 23.0. The van der Waals surface area contributed by atoms with Crippen molar-refractivity contribution >= 4 is 11.5 Å². The van der Waals surface area contributed by atoms with Crippen molar-refractivity contribution in [3.63, 3.8) is 0 Å². The Labute approximate surface area is 161 Å². The van der Waals surface area contributed by atoms with Crippen LogP contribution in [-0.2, 0) is 11.3 Å². The molecule has 0 bridgehead atoms. The normalized spacial score (nSPS) is 17.7. The largest absolute Gasteiger partial charge is 0.488 e. The molecule has 0 amide bonds. The number of benzene rings is 3. The second-order valence-corrected chi connectivity index (χ2v) is 6.46. The topological polar surface area (TPSA) is 82.0 Å². The Morgan fingerprint density at radius 2 is 1.68 bits per heavy atom. The van der Waals surface area contributed by atoms with E-state index in [0.29, 0.717) is 5.75 Å². The van der Waals surface area contributed by atoms with Gasteiger partial charge in [0, 0.05) is 12.1 Å². The molecule has 3 aromatic rings. The molecule has 2 atom stereocenters. The van der Waals surface area contributed by atoms with Crippen molar-refractivity contribution in [1.82, 2.24) is 0 Å². The number of ketones is 1. The third-order valence-corrected chi connectivity index (χ3v) is 4.55. The summed E-state index contributed by atoms with van der Waals surface area (Å²) in [6.45, 7) is 0.257. The lowest BCUT2D eigenvalue weighted by Gasteiger charge is -2.10. The van der Waals surface area contributed by atoms with E-state index in [1.807, 2.05) is 60.7 Å². The fourth-order valence-electron chi connectivity index (χ4n) is 3.05. The average Bonchev–Trinajstić information content (AvgIpc) is 3.54. The standard InChI is InChI=1S/C22H17NO5/c24-20(22-21(28-22)16-9-5-2-6-10-16)18-13-17(23(25)26)11-12-19(18)27-14-15-7-3-1-4-8-15/h1-13,21-22H,14H2/t21-,22-/m1/s1. The highest BCUT2D eigenvalue weighted by atomic mass is 16.6. The van der Waals surface area contributed by atoms with Crippen LogP contribution in [-0.4, -0.2) is 16.8 Å². The Bertz CT molecular complexity index is 1000. The van der Waals surface area contributed by atoms with Crippen LogP contribution in [0.25, 0.3) is 0 Å². The highest BCUT2D eigenvalue weighted by Crippen LogP contribution is 2.42. The molecule has 1 fully saturated rings. The van der Waals surface area contributed by atoms with E-state index in [-0.39, 0.29) is 29.7 Å². The number of carbonyl (C=O) groups is 1. The van der Waals surface area contributed by atoms with Gasteiger partial charge in [-0.15, -0.1) is 0 Å². The van der Waals surface area contributed by atoms with Crippen molar-refractivity contribution in [1.29, 1.82) is 0 Å². The number of epoxide rings is 1. The second-order valence-electron chi connectivity index (χ2n) is 6.46. The number of Topliss-reactive ketones (excluding diaryl/α,β-unsaturated/α-hetero) is 1. The Hall–Kier alpha value is -3.51. The average molecular weight is 375 g/mol. The minimum Gasteiger partial charge on any atom is -0.488 e. The van der Waals surface area contributed by atoms with Gasteiger partial charge in [-0.1, -0.05) is 60.7 Å². The number of non-ortho nitro benzene ring substituents is 1. The molecule has 1 aliphatic heterocycles. The minimum atomic E-state index is -0.663. The predicted molar refractivity (Wildman–Crippen MR) is 102 cm³/mol. The van der Waals surface area contributed by atoms with Gasteiger partial charge in [-0.05, 0) is 17.2 Å². The molecule has 0 unspecified atom stereocenters. The maximum Gasteiger partial charge on any atom is 0.270 e. The molecular formula is C22H17NO5. The molecule has 6 heteroatoms. The van der Waals surface area contributed by atoms with Gasteiger partial charge in [0.15, 0.2) is 11.9 Å². The molecule has 0 aliphatic carbocycles. The van der Waals surface area contributed by atoms with Gasteiger partial charge < -0.3 is 9.47 Å². The molecule has 0 aromatic heterocycles. The quantitative estimate of drug-likeness (QED) is 0.263. The van der Waals surface area contributed by atoms with Gasteiger partial charge in [-0.2, -0.15) is 0 Å². The van der Waals surface area contributed by atoms with E-state index in [4.69, 9.17) is 9.47 Å². The molecule has 0 radical (unpaired) electrons. The van der Waals surface area contributed by atoms with Crippen molar-refractivity contribution in [3.05, 3.63) is 106 Å². The summed E-state index contributed by atoms with van der Waals surface area (Å²) in [7, 11) is 0. The van der Waals surface area contributed by atoms with Gasteiger partial charge in [0.05, 0.1) is 10.5 Å². The van der Waals surface area contributed by atoms with E-state index in [1.54, 1.807) is 0 Å². The maximum atomic E-state index is 13.0. The molecule has 0 N–H and O–H groups in total. The Morgan fingerprint density at radius 3 is 2.36 bits per heavy atom. The Kier molecular flexibility index (Phi) is 4.87. The van der Waals surface area contributed by atoms with Crippen LogP contribution < -0.4 is 4.74 Å². The Morgan fingerprint density at radius 1 is 1.00 bits per heavy atom. The van der Waals surface area contributed by atoms with Gasteiger partial charge in [0.2, 0.25) is 0 Å². The molecule has 4 rings (SSSR count). The lowest BCUT2D eigenvalue weighted by molar-refractivity contribution is -0.384. The summed E-state index contributed by atoms with van der Waals surface area (Å²) < 4.78 is 11.4. The van der Waals surface area contributed by atoms with Crippen molar-refractivity contribution in [2.75, 3.05) is 0 Å². The number of nitrogens with zero attached hydrogens (tertiary/aromatic N) is 1. The van der Waals surface area contributed by atoms with E-state index in [9.17, 15) is 14.9 Å².